The van der Waals surface area contributed by atoms with E-state index < -0.39 is 30.1 Å². The Bertz CT molecular complexity index is 1590. The molecule has 0 spiro atoms. The molecular weight excluding hydrogens is 525 g/mol. The highest BCUT2D eigenvalue weighted by atomic mass is 19.1. The molecule has 1 heterocycles. The molecule has 4 rings (SSSR count). The first-order valence-corrected chi connectivity index (χ1v) is 13.4. The number of anilines is 2. The van der Waals surface area contributed by atoms with Crippen molar-refractivity contribution in [2.45, 2.75) is 52.7 Å². The highest BCUT2D eigenvalue weighted by Gasteiger charge is 2.24. The van der Waals surface area contributed by atoms with Crippen LogP contribution in [0.5, 0.6) is 5.75 Å². The van der Waals surface area contributed by atoms with Crippen molar-refractivity contribution in [3.05, 3.63) is 60.7 Å². The summed E-state index contributed by atoms with van der Waals surface area (Å²) < 4.78 is 30.9. The first kappa shape index (κ1) is 29.6. The SMILES string of the molecule is C[n+]1c(-c2ccc(OCCF)cc2)c2cc(NC(=O)OC(C)(C)C)ccc2c2ccc(NC(=O)OC(C)(C)C)cc21. The van der Waals surface area contributed by atoms with E-state index in [0.717, 1.165) is 32.9 Å². The second-order valence-electron chi connectivity index (χ2n) is 11.7. The monoisotopic (exact) mass is 562 g/mol. The zero-order valence-corrected chi connectivity index (χ0v) is 24.6. The molecule has 8 nitrogen and oxygen atoms in total. The third-order valence-corrected chi connectivity index (χ3v) is 6.02. The van der Waals surface area contributed by atoms with Gasteiger partial charge in [0.25, 0.3) is 0 Å². The number of nitrogens with one attached hydrogen (secondary N) is 2. The molecule has 9 heteroatoms. The maximum Gasteiger partial charge on any atom is 0.412 e. The maximum absolute atomic E-state index is 12.6. The van der Waals surface area contributed by atoms with Gasteiger partial charge in [-0.1, -0.05) is 6.07 Å². The summed E-state index contributed by atoms with van der Waals surface area (Å²) in [5.74, 6) is 0.565. The molecule has 0 aliphatic rings. The summed E-state index contributed by atoms with van der Waals surface area (Å²) >= 11 is 0. The van der Waals surface area contributed by atoms with E-state index >= 15 is 0 Å². The minimum atomic E-state index is -0.633. The van der Waals surface area contributed by atoms with E-state index in [4.69, 9.17) is 14.2 Å². The van der Waals surface area contributed by atoms with E-state index in [1.807, 2.05) is 102 Å². The topological polar surface area (TPSA) is 89.8 Å². The number of rotatable bonds is 6. The summed E-state index contributed by atoms with van der Waals surface area (Å²) in [6.45, 7) is 10.3. The molecule has 3 aromatic carbocycles. The molecule has 4 aromatic rings. The summed E-state index contributed by atoms with van der Waals surface area (Å²) in [5.41, 5.74) is 2.53. The van der Waals surface area contributed by atoms with Crippen LogP contribution in [0.4, 0.5) is 25.4 Å². The number of carbonyl (C=O) groups excluding carboxylic acids is 2. The van der Waals surface area contributed by atoms with E-state index in [2.05, 4.69) is 10.6 Å². The number of benzene rings is 3. The van der Waals surface area contributed by atoms with Gasteiger partial charge in [0, 0.05) is 22.7 Å². The average molecular weight is 563 g/mol. The molecule has 0 radical (unpaired) electrons. The first-order valence-electron chi connectivity index (χ1n) is 13.4. The molecule has 0 aliphatic heterocycles. The first-order chi connectivity index (χ1) is 19.2. The van der Waals surface area contributed by atoms with Crippen molar-refractivity contribution < 1.29 is 32.8 Å². The fourth-order valence-electron chi connectivity index (χ4n) is 4.53. The quantitative estimate of drug-likeness (QED) is 0.187. The molecule has 0 atom stereocenters. The number of hydrogen-bond donors (Lipinski definition) is 2. The van der Waals surface area contributed by atoms with E-state index in [9.17, 15) is 14.0 Å². The van der Waals surface area contributed by atoms with Crippen molar-refractivity contribution in [2.24, 2.45) is 7.05 Å². The summed E-state index contributed by atoms with van der Waals surface area (Å²) in [6, 6.07) is 18.8. The Morgan fingerprint density at radius 1 is 0.756 bits per heavy atom. The van der Waals surface area contributed by atoms with Gasteiger partial charge in [-0.05, 0) is 90.1 Å². The number of carbonyl (C=O) groups is 2. The number of aryl methyl sites for hydroxylation is 1. The number of fused-ring (bicyclic) bond motifs is 3. The number of nitrogens with zero attached hydrogens (tertiary/aromatic N) is 1. The number of pyridine rings is 1. The van der Waals surface area contributed by atoms with Crippen LogP contribution in [0.15, 0.2) is 60.7 Å². The van der Waals surface area contributed by atoms with Gasteiger partial charge in [0.1, 0.15) is 37.3 Å². The van der Waals surface area contributed by atoms with Gasteiger partial charge in [-0.3, -0.25) is 10.6 Å². The molecule has 216 valence electrons. The summed E-state index contributed by atoms with van der Waals surface area (Å²) in [6.07, 6.45) is -1.09. The lowest BCUT2D eigenvalue weighted by Gasteiger charge is -2.20. The molecule has 41 heavy (non-hydrogen) atoms. The number of ether oxygens (including phenoxy) is 3. The van der Waals surface area contributed by atoms with Gasteiger partial charge in [0.05, 0.1) is 16.5 Å². The number of amides is 2. The van der Waals surface area contributed by atoms with Gasteiger partial charge in [-0.15, -0.1) is 0 Å². The van der Waals surface area contributed by atoms with Crippen molar-refractivity contribution in [3.8, 4) is 17.0 Å². The van der Waals surface area contributed by atoms with Gasteiger partial charge in [0.2, 0.25) is 11.2 Å². The fraction of sp³-hybridized carbons (Fsp3) is 0.344. The largest absolute Gasteiger partial charge is 0.491 e. The Morgan fingerprint density at radius 2 is 1.29 bits per heavy atom. The van der Waals surface area contributed by atoms with E-state index in [-0.39, 0.29) is 6.61 Å². The Labute approximate surface area is 239 Å². The summed E-state index contributed by atoms with van der Waals surface area (Å²) in [4.78, 5) is 25.0. The predicted octanol–water partition coefficient (Wildman–Crippen LogP) is 7.53. The number of hydrogen-bond acceptors (Lipinski definition) is 5. The van der Waals surface area contributed by atoms with Gasteiger partial charge in [0.15, 0.2) is 0 Å². The molecule has 0 unspecified atom stereocenters. The van der Waals surface area contributed by atoms with Gasteiger partial charge in [-0.25, -0.2) is 14.0 Å². The van der Waals surface area contributed by atoms with Crippen molar-refractivity contribution in [1.82, 2.24) is 0 Å². The van der Waals surface area contributed by atoms with Crippen LogP contribution in [0.3, 0.4) is 0 Å². The lowest BCUT2D eigenvalue weighted by molar-refractivity contribution is -0.632. The second kappa shape index (κ2) is 11.6. The van der Waals surface area contributed by atoms with Crippen LogP contribution >= 0.6 is 0 Å². The van der Waals surface area contributed by atoms with Crippen LogP contribution in [0.25, 0.3) is 32.9 Å². The minimum Gasteiger partial charge on any atom is -0.491 e. The molecule has 0 aliphatic carbocycles. The molecule has 0 fully saturated rings. The zero-order valence-electron chi connectivity index (χ0n) is 24.6. The predicted molar refractivity (Wildman–Crippen MR) is 159 cm³/mol. The number of halogens is 1. The molecule has 0 saturated heterocycles. The van der Waals surface area contributed by atoms with Gasteiger partial charge < -0.3 is 14.2 Å². The Balaban J connectivity index is 1.85. The van der Waals surface area contributed by atoms with Gasteiger partial charge >= 0.3 is 12.2 Å². The van der Waals surface area contributed by atoms with E-state index in [1.54, 1.807) is 12.1 Å². The van der Waals surface area contributed by atoms with E-state index in [0.29, 0.717) is 17.1 Å². The molecular formula is C32H37FN3O5+. The van der Waals surface area contributed by atoms with Crippen molar-refractivity contribution in [2.75, 3.05) is 23.9 Å². The Morgan fingerprint density at radius 3 is 1.83 bits per heavy atom. The average Bonchev–Trinajstić information content (AvgIpc) is 2.86. The third-order valence-electron chi connectivity index (χ3n) is 6.02. The lowest BCUT2D eigenvalue weighted by atomic mass is 9.98. The highest BCUT2D eigenvalue weighted by Crippen LogP contribution is 2.34. The van der Waals surface area contributed by atoms with Crippen LogP contribution < -0.4 is 19.9 Å². The van der Waals surface area contributed by atoms with Crippen LogP contribution in [0.1, 0.15) is 41.5 Å². The van der Waals surface area contributed by atoms with Crippen LogP contribution in [-0.2, 0) is 16.5 Å². The normalized spacial score (nSPS) is 11.8. The minimum absolute atomic E-state index is 0.0147. The maximum atomic E-state index is 12.6. The highest BCUT2D eigenvalue weighted by molar-refractivity contribution is 6.11. The molecule has 2 N–H and O–H groups in total. The summed E-state index contributed by atoms with van der Waals surface area (Å²) in [5, 5.41) is 8.44. The second-order valence-corrected chi connectivity index (χ2v) is 11.7. The summed E-state index contributed by atoms with van der Waals surface area (Å²) in [7, 11) is 1.94. The smallest absolute Gasteiger partial charge is 0.412 e. The zero-order chi connectivity index (χ0) is 29.9. The van der Waals surface area contributed by atoms with Crippen LogP contribution in [-0.4, -0.2) is 36.7 Å². The molecule has 0 saturated carbocycles. The fourth-order valence-corrected chi connectivity index (χ4v) is 4.53. The molecule has 2 amide bonds. The Kier molecular flexibility index (Phi) is 8.37. The standard InChI is InChI=1S/C32H36FN3O5/c1-31(2,3)40-29(37)34-21-10-14-24-25-15-11-22(35-30(38)41-32(4,5)6)19-27(25)36(7)28(26(24)18-21)20-8-12-23(13-9-20)39-17-16-33/h8-15,18-19H,16-17H2,1-7H3,(H,34,37)/p+1. The molecule has 0 bridgehead atoms. The van der Waals surface area contributed by atoms with Crippen molar-refractivity contribution in [3.63, 3.8) is 0 Å². The third kappa shape index (κ3) is 7.42. The lowest BCUT2D eigenvalue weighted by Crippen LogP contribution is -2.33. The van der Waals surface area contributed by atoms with Crippen LogP contribution in [0.2, 0.25) is 0 Å². The van der Waals surface area contributed by atoms with Gasteiger partial charge in [-0.2, -0.15) is 4.57 Å². The number of alkyl halides is 1. The van der Waals surface area contributed by atoms with Crippen LogP contribution in [0, 0.1) is 0 Å². The van der Waals surface area contributed by atoms with E-state index in [1.165, 1.54) is 0 Å². The number of aromatic nitrogens is 1. The Hall–Kier alpha value is -4.40. The van der Waals surface area contributed by atoms with Crippen molar-refractivity contribution in [1.29, 1.82) is 0 Å². The van der Waals surface area contributed by atoms with Crippen molar-refractivity contribution >= 4 is 45.2 Å². The molecule has 1 aromatic heterocycles.